The van der Waals surface area contributed by atoms with Gasteiger partial charge in [-0.05, 0) is 43.3 Å². The molecule has 1 heterocycles. The van der Waals surface area contributed by atoms with Crippen LogP contribution in [-0.2, 0) is 14.9 Å². The minimum atomic E-state index is -4.35. The third-order valence-electron chi connectivity index (χ3n) is 3.89. The maximum Gasteiger partial charge on any atom is 0.337 e. The van der Waals surface area contributed by atoms with Crippen molar-refractivity contribution in [2.24, 2.45) is 15.3 Å². The summed E-state index contributed by atoms with van der Waals surface area (Å²) < 4.78 is 31.2. The van der Waals surface area contributed by atoms with Crippen molar-refractivity contribution < 1.29 is 27.7 Å². The monoisotopic (exact) mass is 402 g/mol. The van der Waals surface area contributed by atoms with Gasteiger partial charge in [0.05, 0.1) is 27.5 Å². The largest absolute Gasteiger partial charge is 0.478 e. The van der Waals surface area contributed by atoms with E-state index in [0.717, 1.165) is 17.1 Å². The van der Waals surface area contributed by atoms with Gasteiger partial charge >= 0.3 is 5.97 Å². The number of benzene rings is 2. The molecular formula is C17H14N4O6S. The molecule has 10 nitrogen and oxygen atoms in total. The second-order valence-corrected chi connectivity index (χ2v) is 7.22. The van der Waals surface area contributed by atoms with Gasteiger partial charge in [-0.25, -0.2) is 4.79 Å². The highest BCUT2D eigenvalue weighted by Gasteiger charge is 2.35. The Morgan fingerprint density at radius 3 is 2.39 bits per heavy atom. The Morgan fingerprint density at radius 2 is 1.79 bits per heavy atom. The standard InChI is InChI=1S/C17H14N4O6S/c1-10-15(19-18-14-5-3-2-4-13(14)17(23)24)16(22)21(20-10)11-6-8-12(9-7-11)28(25,26)27/h2-9,15H,1H3,(H,23,24)(H,25,26,27)/t15-/m1/s1. The van der Waals surface area contributed by atoms with E-state index in [4.69, 9.17) is 4.55 Å². The van der Waals surface area contributed by atoms with E-state index in [9.17, 15) is 23.1 Å². The molecule has 0 bridgehead atoms. The van der Waals surface area contributed by atoms with Crippen LogP contribution in [0.2, 0.25) is 0 Å². The molecule has 0 aliphatic carbocycles. The zero-order chi connectivity index (χ0) is 20.5. The molecule has 0 fully saturated rings. The van der Waals surface area contributed by atoms with Crippen LogP contribution in [0.3, 0.4) is 0 Å². The molecule has 3 rings (SSSR count). The highest BCUT2D eigenvalue weighted by Crippen LogP contribution is 2.25. The average molecular weight is 402 g/mol. The molecule has 2 aromatic carbocycles. The van der Waals surface area contributed by atoms with E-state index < -0.39 is 28.0 Å². The average Bonchev–Trinajstić information content (AvgIpc) is 2.93. The molecule has 0 unspecified atom stereocenters. The second kappa shape index (κ2) is 7.29. The van der Waals surface area contributed by atoms with Crippen LogP contribution in [-0.4, -0.2) is 41.7 Å². The molecular weight excluding hydrogens is 388 g/mol. The van der Waals surface area contributed by atoms with E-state index >= 15 is 0 Å². The van der Waals surface area contributed by atoms with Crippen LogP contribution in [0.25, 0.3) is 0 Å². The molecule has 0 radical (unpaired) electrons. The number of hydrogen-bond acceptors (Lipinski definition) is 7. The van der Waals surface area contributed by atoms with Gasteiger partial charge in [-0.1, -0.05) is 12.1 Å². The van der Waals surface area contributed by atoms with Crippen molar-refractivity contribution in [1.29, 1.82) is 0 Å². The lowest BCUT2D eigenvalue weighted by atomic mass is 10.2. The lowest BCUT2D eigenvalue weighted by Crippen LogP contribution is -2.29. The molecule has 0 aromatic heterocycles. The summed E-state index contributed by atoms with van der Waals surface area (Å²) in [5.74, 6) is -1.70. The fraction of sp³-hybridized carbons (Fsp3) is 0.118. The first kappa shape index (κ1) is 19.3. The molecule has 0 spiro atoms. The smallest absolute Gasteiger partial charge is 0.337 e. The lowest BCUT2D eigenvalue weighted by Gasteiger charge is -2.12. The number of carbonyl (C=O) groups is 2. The Kier molecular flexibility index (Phi) is 5.03. The molecule has 0 saturated heterocycles. The van der Waals surface area contributed by atoms with Gasteiger partial charge in [0.1, 0.15) is 0 Å². The van der Waals surface area contributed by atoms with Crippen LogP contribution in [0.4, 0.5) is 11.4 Å². The SMILES string of the molecule is CC1=NN(c2ccc(S(=O)(=O)O)cc2)C(=O)[C@@H]1N=Nc1ccccc1C(=O)O. The number of hydrazone groups is 1. The van der Waals surface area contributed by atoms with Gasteiger partial charge in [0, 0.05) is 0 Å². The van der Waals surface area contributed by atoms with Gasteiger partial charge in [-0.15, -0.1) is 0 Å². The number of anilines is 1. The first-order valence-electron chi connectivity index (χ1n) is 7.88. The van der Waals surface area contributed by atoms with Crippen LogP contribution < -0.4 is 5.01 Å². The number of carboxylic acids is 1. The maximum atomic E-state index is 12.6. The first-order valence-corrected chi connectivity index (χ1v) is 9.32. The summed E-state index contributed by atoms with van der Waals surface area (Å²) in [6.07, 6.45) is 0. The summed E-state index contributed by atoms with van der Waals surface area (Å²) in [4.78, 5) is 23.5. The zero-order valence-electron chi connectivity index (χ0n) is 14.4. The van der Waals surface area contributed by atoms with Crippen molar-refractivity contribution in [3.63, 3.8) is 0 Å². The van der Waals surface area contributed by atoms with Crippen LogP contribution >= 0.6 is 0 Å². The van der Waals surface area contributed by atoms with Gasteiger partial charge in [0.2, 0.25) is 0 Å². The van der Waals surface area contributed by atoms with E-state index in [0.29, 0.717) is 5.71 Å². The molecule has 0 saturated carbocycles. The van der Waals surface area contributed by atoms with Crippen molar-refractivity contribution in [1.82, 2.24) is 0 Å². The van der Waals surface area contributed by atoms with E-state index in [1.54, 1.807) is 19.1 Å². The van der Waals surface area contributed by atoms with Gasteiger partial charge < -0.3 is 5.11 Å². The van der Waals surface area contributed by atoms with Crippen molar-refractivity contribution >= 4 is 39.1 Å². The van der Waals surface area contributed by atoms with E-state index in [2.05, 4.69) is 15.3 Å². The van der Waals surface area contributed by atoms with Gasteiger partial charge in [0.25, 0.3) is 16.0 Å². The highest BCUT2D eigenvalue weighted by molar-refractivity contribution is 7.85. The number of carbonyl (C=O) groups excluding carboxylic acids is 1. The van der Waals surface area contributed by atoms with Gasteiger partial charge in [0.15, 0.2) is 6.04 Å². The Morgan fingerprint density at radius 1 is 1.14 bits per heavy atom. The fourth-order valence-corrected chi connectivity index (χ4v) is 2.98. The van der Waals surface area contributed by atoms with Crippen molar-refractivity contribution in [2.75, 3.05) is 5.01 Å². The number of amides is 1. The lowest BCUT2D eigenvalue weighted by molar-refractivity contribution is -0.117. The number of azo groups is 1. The number of hydrogen-bond donors (Lipinski definition) is 2. The summed E-state index contributed by atoms with van der Waals surface area (Å²) in [5.41, 5.74) is 0.663. The molecule has 1 amide bonds. The molecule has 28 heavy (non-hydrogen) atoms. The molecule has 1 atom stereocenters. The second-order valence-electron chi connectivity index (χ2n) is 5.80. The van der Waals surface area contributed by atoms with Gasteiger partial charge in [-0.3, -0.25) is 9.35 Å². The summed E-state index contributed by atoms with van der Waals surface area (Å²) in [7, 11) is -4.35. The number of rotatable bonds is 5. The number of aromatic carboxylic acids is 1. The summed E-state index contributed by atoms with van der Waals surface area (Å²) in [5, 5.41) is 22.1. The van der Waals surface area contributed by atoms with E-state index in [1.807, 2.05) is 0 Å². The Labute approximate surface area is 159 Å². The minimum Gasteiger partial charge on any atom is -0.478 e. The van der Waals surface area contributed by atoms with Crippen LogP contribution in [0.5, 0.6) is 0 Å². The Hall–Kier alpha value is -3.44. The first-order chi connectivity index (χ1) is 13.2. The third kappa shape index (κ3) is 3.80. The van der Waals surface area contributed by atoms with E-state index in [-0.39, 0.29) is 21.8 Å². The Balaban J connectivity index is 1.85. The predicted octanol–water partition coefficient (Wildman–Crippen LogP) is 2.51. The molecule has 2 aromatic rings. The fourth-order valence-electron chi connectivity index (χ4n) is 2.50. The predicted molar refractivity (Wildman–Crippen MR) is 98.6 cm³/mol. The van der Waals surface area contributed by atoms with Crippen LogP contribution in [0, 0.1) is 0 Å². The molecule has 1 aliphatic rings. The van der Waals surface area contributed by atoms with Crippen molar-refractivity contribution in [3.05, 3.63) is 54.1 Å². The molecule has 2 N–H and O–H groups in total. The van der Waals surface area contributed by atoms with Gasteiger partial charge in [-0.2, -0.15) is 28.8 Å². The Bertz CT molecular complexity index is 1110. The summed E-state index contributed by atoms with van der Waals surface area (Å²) >= 11 is 0. The van der Waals surface area contributed by atoms with Crippen molar-refractivity contribution in [3.8, 4) is 0 Å². The molecule has 11 heteroatoms. The molecule has 144 valence electrons. The van der Waals surface area contributed by atoms with Crippen molar-refractivity contribution in [2.45, 2.75) is 17.9 Å². The molecule has 1 aliphatic heterocycles. The highest BCUT2D eigenvalue weighted by atomic mass is 32.2. The minimum absolute atomic E-state index is 0.0519. The zero-order valence-corrected chi connectivity index (χ0v) is 15.2. The number of nitrogens with zero attached hydrogens (tertiary/aromatic N) is 4. The van der Waals surface area contributed by atoms with E-state index in [1.165, 1.54) is 24.3 Å². The maximum absolute atomic E-state index is 12.6. The normalized spacial score (nSPS) is 17.2. The van der Waals surface area contributed by atoms with Crippen LogP contribution in [0.1, 0.15) is 17.3 Å². The summed E-state index contributed by atoms with van der Waals surface area (Å²) in [6, 6.07) is 9.86. The quantitative estimate of drug-likeness (QED) is 0.579. The third-order valence-corrected chi connectivity index (χ3v) is 4.76. The number of carboxylic acid groups (broad SMARTS) is 1. The van der Waals surface area contributed by atoms with Crippen LogP contribution in [0.15, 0.2) is 68.8 Å². The summed E-state index contributed by atoms with van der Waals surface area (Å²) in [6.45, 7) is 1.57. The topological polar surface area (TPSA) is 149 Å².